The molecule has 43 heavy (non-hydrogen) atoms. The third-order valence-electron chi connectivity index (χ3n) is 6.81. The van der Waals surface area contributed by atoms with E-state index in [9.17, 15) is 18.0 Å². The van der Waals surface area contributed by atoms with Crippen molar-refractivity contribution >= 4 is 39.1 Å². The van der Waals surface area contributed by atoms with Gasteiger partial charge in [-0.05, 0) is 80.9 Å². The molecule has 224 valence electrons. The number of sulfonamides is 1. The van der Waals surface area contributed by atoms with E-state index in [0.29, 0.717) is 28.6 Å². The first-order chi connectivity index (χ1) is 20.6. The monoisotopic (exact) mass is 619 g/mol. The number of carbonyl (C=O) groups excluding carboxylic acids is 2. The number of ether oxygens (including phenoxy) is 1. The fourth-order valence-electron chi connectivity index (χ4n) is 4.39. The molecule has 0 aliphatic carbocycles. The number of hydrogen-bond donors (Lipinski definition) is 1. The third kappa shape index (κ3) is 7.94. The van der Waals surface area contributed by atoms with Crippen molar-refractivity contribution < 1.29 is 22.7 Å². The van der Waals surface area contributed by atoms with Crippen molar-refractivity contribution in [3.8, 4) is 11.5 Å². The van der Waals surface area contributed by atoms with E-state index in [4.69, 9.17) is 16.3 Å². The summed E-state index contributed by atoms with van der Waals surface area (Å²) in [6.45, 7) is 5.09. The molecule has 0 aliphatic heterocycles. The molecule has 10 heteroatoms. The molecule has 8 nitrogen and oxygen atoms in total. The summed E-state index contributed by atoms with van der Waals surface area (Å²) >= 11 is 6.40. The van der Waals surface area contributed by atoms with E-state index in [-0.39, 0.29) is 23.0 Å². The van der Waals surface area contributed by atoms with Crippen molar-refractivity contribution in [1.29, 1.82) is 0 Å². The lowest BCUT2D eigenvalue weighted by Gasteiger charge is -2.32. The maximum Gasteiger partial charge on any atom is 0.264 e. The topological polar surface area (TPSA) is 96.0 Å². The Balaban J connectivity index is 1.71. The van der Waals surface area contributed by atoms with Gasteiger partial charge in [-0.3, -0.25) is 13.9 Å². The molecule has 0 bridgehead atoms. The molecule has 1 atom stereocenters. The van der Waals surface area contributed by atoms with Crippen LogP contribution in [0.25, 0.3) is 0 Å². The number of nitrogens with one attached hydrogen (secondary N) is 1. The minimum absolute atomic E-state index is 0.0130. The summed E-state index contributed by atoms with van der Waals surface area (Å²) in [5, 5.41) is 3.17. The molecular weight excluding hydrogens is 586 g/mol. The summed E-state index contributed by atoms with van der Waals surface area (Å²) in [7, 11) is -4.19. The highest BCUT2D eigenvalue weighted by molar-refractivity contribution is 7.92. The highest BCUT2D eigenvalue weighted by Gasteiger charge is 2.32. The molecule has 2 amide bonds. The Morgan fingerprint density at radius 2 is 1.47 bits per heavy atom. The Bertz CT molecular complexity index is 1650. The summed E-state index contributed by atoms with van der Waals surface area (Å²) in [5.74, 6) is 0.195. The summed E-state index contributed by atoms with van der Waals surface area (Å²) in [6, 6.07) is 28.2. The van der Waals surface area contributed by atoms with Crippen LogP contribution in [0.4, 0.5) is 5.69 Å². The van der Waals surface area contributed by atoms with Crippen LogP contribution in [0.2, 0.25) is 5.02 Å². The number of anilines is 1. The maximum absolute atomic E-state index is 14.0. The molecule has 0 saturated heterocycles. The lowest BCUT2D eigenvalue weighted by atomic mass is 10.1. The van der Waals surface area contributed by atoms with Gasteiger partial charge in [0, 0.05) is 18.1 Å². The van der Waals surface area contributed by atoms with Crippen LogP contribution in [0.5, 0.6) is 11.5 Å². The van der Waals surface area contributed by atoms with Crippen LogP contribution in [0, 0.1) is 6.92 Å². The average Bonchev–Trinajstić information content (AvgIpc) is 3.00. The Morgan fingerprint density at radius 3 is 2.09 bits per heavy atom. The summed E-state index contributed by atoms with van der Waals surface area (Å²) in [6.07, 6.45) is 0. The standard InChI is InChI=1S/C33H34ClN3O5S/c1-4-35-33(39)25(3)36(22-26-10-8-9-13-31(26)34)32(38)23-37(43(40,41)30-20-14-24(2)15-21-30)27-16-18-29(19-17-27)42-28-11-6-5-7-12-28/h5-21,25H,4,22-23H2,1-3H3,(H,35,39)/t25-/m1/s1. The number of nitrogens with zero attached hydrogens (tertiary/aromatic N) is 2. The van der Waals surface area contributed by atoms with Gasteiger partial charge < -0.3 is 15.0 Å². The number of benzene rings is 4. The second-order valence-corrected chi connectivity index (χ2v) is 12.2. The van der Waals surface area contributed by atoms with Gasteiger partial charge in [-0.15, -0.1) is 0 Å². The SMILES string of the molecule is CCNC(=O)[C@@H](C)N(Cc1ccccc1Cl)C(=O)CN(c1ccc(Oc2ccccc2)cc1)S(=O)(=O)c1ccc(C)cc1. The van der Waals surface area contributed by atoms with Gasteiger partial charge in [-0.25, -0.2) is 8.42 Å². The Hall–Kier alpha value is -4.34. The van der Waals surface area contributed by atoms with Crippen molar-refractivity contribution in [2.75, 3.05) is 17.4 Å². The fourth-order valence-corrected chi connectivity index (χ4v) is 6.00. The van der Waals surface area contributed by atoms with Gasteiger partial charge in [0.1, 0.15) is 24.1 Å². The summed E-state index contributed by atoms with van der Waals surface area (Å²) in [5.41, 5.74) is 1.78. The molecule has 0 aliphatic rings. The molecule has 4 aromatic carbocycles. The number of halogens is 1. The Kier molecular flexibility index (Phi) is 10.4. The van der Waals surface area contributed by atoms with E-state index in [1.165, 1.54) is 17.0 Å². The van der Waals surface area contributed by atoms with E-state index in [2.05, 4.69) is 5.32 Å². The van der Waals surface area contributed by atoms with E-state index in [1.54, 1.807) is 74.5 Å². The fraction of sp³-hybridized carbons (Fsp3) is 0.212. The van der Waals surface area contributed by atoms with Crippen LogP contribution in [-0.4, -0.2) is 44.3 Å². The van der Waals surface area contributed by atoms with Crippen LogP contribution in [0.1, 0.15) is 25.0 Å². The highest BCUT2D eigenvalue weighted by atomic mass is 35.5. The quantitative estimate of drug-likeness (QED) is 0.204. The molecule has 1 N–H and O–H groups in total. The summed E-state index contributed by atoms with van der Waals surface area (Å²) < 4.78 is 35.0. The molecule has 4 rings (SSSR count). The first-order valence-electron chi connectivity index (χ1n) is 13.8. The first kappa shape index (κ1) is 31.6. The number of amides is 2. The van der Waals surface area contributed by atoms with Crippen LogP contribution >= 0.6 is 11.6 Å². The molecule has 4 aromatic rings. The van der Waals surface area contributed by atoms with Gasteiger partial charge in [0.25, 0.3) is 10.0 Å². The van der Waals surface area contributed by atoms with Crippen molar-refractivity contribution in [1.82, 2.24) is 10.2 Å². The lowest BCUT2D eigenvalue weighted by Crippen LogP contribution is -2.51. The highest BCUT2D eigenvalue weighted by Crippen LogP contribution is 2.29. The van der Waals surface area contributed by atoms with Gasteiger partial charge in [0.15, 0.2) is 0 Å². The third-order valence-corrected chi connectivity index (χ3v) is 8.97. The lowest BCUT2D eigenvalue weighted by molar-refractivity contribution is -0.139. The number of carbonyl (C=O) groups is 2. The first-order valence-corrected chi connectivity index (χ1v) is 15.6. The zero-order valence-electron chi connectivity index (χ0n) is 24.2. The van der Waals surface area contributed by atoms with E-state index >= 15 is 0 Å². The zero-order chi connectivity index (χ0) is 31.0. The second kappa shape index (κ2) is 14.2. The molecule has 0 aromatic heterocycles. The predicted molar refractivity (Wildman–Crippen MR) is 169 cm³/mol. The van der Waals surface area contributed by atoms with Crippen LogP contribution in [-0.2, 0) is 26.2 Å². The molecule has 0 heterocycles. The molecule has 0 unspecified atom stereocenters. The van der Waals surface area contributed by atoms with Crippen LogP contribution < -0.4 is 14.4 Å². The zero-order valence-corrected chi connectivity index (χ0v) is 25.8. The smallest absolute Gasteiger partial charge is 0.264 e. The normalized spacial score (nSPS) is 11.8. The van der Waals surface area contributed by atoms with E-state index in [0.717, 1.165) is 9.87 Å². The van der Waals surface area contributed by atoms with Crippen molar-refractivity contribution in [2.45, 2.75) is 38.3 Å². The van der Waals surface area contributed by atoms with Crippen LogP contribution in [0.3, 0.4) is 0 Å². The predicted octanol–water partition coefficient (Wildman–Crippen LogP) is 6.19. The van der Waals surface area contributed by atoms with Gasteiger partial charge >= 0.3 is 0 Å². The molecule has 0 radical (unpaired) electrons. The number of likely N-dealkylation sites (N-methyl/N-ethyl adjacent to an activating group) is 1. The minimum Gasteiger partial charge on any atom is -0.457 e. The number of para-hydroxylation sites is 1. The molecule has 0 saturated carbocycles. The minimum atomic E-state index is -4.19. The molecule has 0 fully saturated rings. The van der Waals surface area contributed by atoms with Crippen molar-refractivity contribution in [2.24, 2.45) is 0 Å². The number of hydrogen-bond acceptors (Lipinski definition) is 5. The largest absolute Gasteiger partial charge is 0.457 e. The van der Waals surface area contributed by atoms with Gasteiger partial charge in [-0.1, -0.05) is 65.7 Å². The summed E-state index contributed by atoms with van der Waals surface area (Å²) in [4.78, 5) is 28.3. The maximum atomic E-state index is 14.0. The average molecular weight is 620 g/mol. The number of aryl methyl sites for hydroxylation is 1. The number of rotatable bonds is 12. The molecule has 0 spiro atoms. The van der Waals surface area contributed by atoms with Gasteiger partial charge in [0.2, 0.25) is 11.8 Å². The van der Waals surface area contributed by atoms with Gasteiger partial charge in [-0.2, -0.15) is 0 Å². The van der Waals surface area contributed by atoms with Crippen LogP contribution in [0.15, 0.2) is 108 Å². The Labute approximate surface area is 257 Å². The van der Waals surface area contributed by atoms with E-state index < -0.39 is 28.5 Å². The van der Waals surface area contributed by atoms with Crippen molar-refractivity contribution in [3.05, 3.63) is 119 Å². The van der Waals surface area contributed by atoms with Crippen molar-refractivity contribution in [3.63, 3.8) is 0 Å². The Morgan fingerprint density at radius 1 is 0.860 bits per heavy atom. The van der Waals surface area contributed by atoms with E-state index in [1.807, 2.05) is 37.3 Å². The van der Waals surface area contributed by atoms with Gasteiger partial charge in [0.05, 0.1) is 10.6 Å². The second-order valence-electron chi connectivity index (χ2n) is 9.92. The molecular formula is C33H34ClN3O5S.